The van der Waals surface area contributed by atoms with Crippen LogP contribution in [-0.2, 0) is 4.74 Å². The summed E-state index contributed by atoms with van der Waals surface area (Å²) in [6, 6.07) is 0.0255. The molecule has 2 rings (SSSR count). The van der Waals surface area contributed by atoms with Gasteiger partial charge in [-0.25, -0.2) is 4.79 Å². The Morgan fingerprint density at radius 3 is 2.71 bits per heavy atom. The summed E-state index contributed by atoms with van der Waals surface area (Å²) < 4.78 is 5.78. The highest BCUT2D eigenvalue weighted by Gasteiger charge is 2.22. The van der Waals surface area contributed by atoms with Crippen LogP contribution in [0.15, 0.2) is 0 Å². The smallest absolute Gasteiger partial charge is 0.317 e. The maximum atomic E-state index is 11.3. The monoisotopic (exact) mass is 242 g/mol. The molecule has 5 nitrogen and oxygen atoms in total. The minimum absolute atomic E-state index is 0.0255. The Labute approximate surface area is 102 Å². The van der Waals surface area contributed by atoms with Gasteiger partial charge in [0, 0.05) is 26.2 Å². The summed E-state index contributed by atoms with van der Waals surface area (Å²) in [6.07, 6.45) is 4.52. The molecule has 0 bridgehead atoms. The molecule has 5 heteroatoms. The number of rotatable bonds is 5. The fraction of sp³-hybridized carbons (Fsp3) is 0.917. The molecule has 0 radical (unpaired) electrons. The van der Waals surface area contributed by atoms with Gasteiger partial charge in [-0.3, -0.25) is 0 Å². The zero-order valence-electron chi connectivity index (χ0n) is 10.2. The number of carbonyl (C=O) groups excluding carboxylic acids is 1. The first-order valence-corrected chi connectivity index (χ1v) is 6.55. The molecule has 98 valence electrons. The number of amides is 2. The molecule has 0 unspecified atom stereocenters. The van der Waals surface area contributed by atoms with E-state index in [1.165, 1.54) is 0 Å². The number of urea groups is 1. The van der Waals surface area contributed by atoms with E-state index in [-0.39, 0.29) is 6.03 Å². The summed E-state index contributed by atoms with van der Waals surface area (Å²) in [5.74, 6) is 0.471. The van der Waals surface area contributed by atoms with Crippen LogP contribution in [0.2, 0.25) is 0 Å². The molecule has 2 fully saturated rings. The first-order chi connectivity index (χ1) is 8.29. The number of nitrogens with zero attached hydrogens (tertiary/aromatic N) is 1. The number of hydrogen-bond donors (Lipinski definition) is 2. The number of hydrogen-bond acceptors (Lipinski definition) is 3. The molecule has 1 saturated carbocycles. The van der Waals surface area contributed by atoms with Crippen molar-refractivity contribution in [3.8, 4) is 0 Å². The molecule has 0 aromatic heterocycles. The van der Waals surface area contributed by atoms with Gasteiger partial charge in [-0.2, -0.15) is 0 Å². The van der Waals surface area contributed by atoms with E-state index in [9.17, 15) is 4.79 Å². The Morgan fingerprint density at radius 1 is 1.35 bits per heavy atom. The number of ether oxygens (including phenoxy) is 1. The largest absolute Gasteiger partial charge is 0.396 e. The van der Waals surface area contributed by atoms with Gasteiger partial charge in [-0.15, -0.1) is 0 Å². The minimum atomic E-state index is 0.0255. The fourth-order valence-corrected chi connectivity index (χ4v) is 2.54. The standard InChI is InChI=1S/C12H22N2O3/c15-9-10-1-3-11(4-2-10)17-8-7-14-6-5-13-12(14)16/h10-11,15H,1-9H2,(H,13,16). The van der Waals surface area contributed by atoms with E-state index >= 15 is 0 Å². The van der Waals surface area contributed by atoms with Crippen molar-refractivity contribution in [1.82, 2.24) is 10.2 Å². The molecule has 2 amide bonds. The van der Waals surface area contributed by atoms with Crippen LogP contribution in [0.1, 0.15) is 25.7 Å². The molecule has 0 atom stereocenters. The van der Waals surface area contributed by atoms with Crippen molar-refractivity contribution in [2.24, 2.45) is 5.92 Å². The number of nitrogens with one attached hydrogen (secondary N) is 1. The SMILES string of the molecule is O=C1NCCN1CCOC1CCC(CO)CC1. The predicted octanol–water partition coefficient (Wildman–Crippen LogP) is 0.579. The van der Waals surface area contributed by atoms with Gasteiger partial charge in [0.1, 0.15) is 0 Å². The van der Waals surface area contributed by atoms with Crippen LogP contribution >= 0.6 is 0 Å². The Kier molecular flexibility index (Phi) is 4.62. The normalized spacial score (nSPS) is 29.5. The second-order valence-electron chi connectivity index (χ2n) is 4.92. The Morgan fingerprint density at radius 2 is 2.12 bits per heavy atom. The van der Waals surface area contributed by atoms with Crippen molar-refractivity contribution in [2.75, 3.05) is 32.8 Å². The third kappa shape index (κ3) is 3.57. The molecule has 2 aliphatic rings. The van der Waals surface area contributed by atoms with Gasteiger partial charge in [-0.1, -0.05) is 0 Å². The molecule has 1 aliphatic heterocycles. The van der Waals surface area contributed by atoms with Gasteiger partial charge in [-0.05, 0) is 31.6 Å². The van der Waals surface area contributed by atoms with Crippen molar-refractivity contribution in [1.29, 1.82) is 0 Å². The lowest BCUT2D eigenvalue weighted by Gasteiger charge is -2.27. The Hall–Kier alpha value is -0.810. The minimum Gasteiger partial charge on any atom is -0.396 e. The summed E-state index contributed by atoms with van der Waals surface area (Å²) in [5, 5.41) is 11.8. The van der Waals surface area contributed by atoms with Crippen molar-refractivity contribution >= 4 is 6.03 Å². The van der Waals surface area contributed by atoms with Crippen molar-refractivity contribution in [2.45, 2.75) is 31.8 Å². The molecule has 0 spiro atoms. The third-order valence-corrected chi connectivity index (χ3v) is 3.71. The maximum Gasteiger partial charge on any atom is 0.317 e. The van der Waals surface area contributed by atoms with Crippen LogP contribution in [0.25, 0.3) is 0 Å². The Balaban J connectivity index is 1.58. The van der Waals surface area contributed by atoms with Gasteiger partial charge >= 0.3 is 6.03 Å². The molecular formula is C12H22N2O3. The highest BCUT2D eigenvalue weighted by Crippen LogP contribution is 2.25. The second-order valence-corrected chi connectivity index (χ2v) is 4.92. The molecular weight excluding hydrogens is 220 g/mol. The lowest BCUT2D eigenvalue weighted by Crippen LogP contribution is -2.33. The van der Waals surface area contributed by atoms with E-state index in [2.05, 4.69) is 5.32 Å². The van der Waals surface area contributed by atoms with Gasteiger partial charge in [0.25, 0.3) is 0 Å². The molecule has 1 aliphatic carbocycles. The predicted molar refractivity (Wildman–Crippen MR) is 63.8 cm³/mol. The number of carbonyl (C=O) groups is 1. The number of aliphatic hydroxyl groups is 1. The van der Waals surface area contributed by atoms with Crippen molar-refractivity contribution in [3.05, 3.63) is 0 Å². The number of aliphatic hydroxyl groups excluding tert-OH is 1. The summed E-state index contributed by atoms with van der Waals surface area (Å²) >= 11 is 0. The van der Waals surface area contributed by atoms with Crippen LogP contribution in [0.5, 0.6) is 0 Å². The average Bonchev–Trinajstić information content (AvgIpc) is 2.76. The topological polar surface area (TPSA) is 61.8 Å². The van der Waals surface area contributed by atoms with E-state index in [4.69, 9.17) is 9.84 Å². The van der Waals surface area contributed by atoms with Crippen LogP contribution in [0, 0.1) is 5.92 Å². The average molecular weight is 242 g/mol. The first kappa shape index (κ1) is 12.6. The highest BCUT2D eigenvalue weighted by atomic mass is 16.5. The van der Waals surface area contributed by atoms with Crippen molar-refractivity contribution < 1.29 is 14.6 Å². The van der Waals surface area contributed by atoms with Crippen LogP contribution in [0.3, 0.4) is 0 Å². The quantitative estimate of drug-likeness (QED) is 0.741. The Bertz CT molecular complexity index is 252. The molecule has 0 aromatic carbocycles. The third-order valence-electron chi connectivity index (χ3n) is 3.71. The van der Waals surface area contributed by atoms with E-state index in [0.717, 1.165) is 38.8 Å². The van der Waals surface area contributed by atoms with Gasteiger partial charge in [0.15, 0.2) is 0 Å². The van der Waals surface area contributed by atoms with E-state index in [1.54, 1.807) is 4.90 Å². The summed E-state index contributed by atoms with van der Waals surface area (Å²) in [4.78, 5) is 13.1. The molecule has 1 heterocycles. The summed E-state index contributed by atoms with van der Waals surface area (Å²) in [6.45, 7) is 3.16. The summed E-state index contributed by atoms with van der Waals surface area (Å²) in [7, 11) is 0. The van der Waals surface area contributed by atoms with E-state index in [1.807, 2.05) is 0 Å². The lowest BCUT2D eigenvalue weighted by atomic mass is 9.88. The molecule has 1 saturated heterocycles. The van der Waals surface area contributed by atoms with Crippen LogP contribution in [-0.4, -0.2) is 55.0 Å². The van der Waals surface area contributed by atoms with Crippen LogP contribution < -0.4 is 5.32 Å². The zero-order valence-corrected chi connectivity index (χ0v) is 10.2. The molecule has 0 aromatic rings. The highest BCUT2D eigenvalue weighted by molar-refractivity contribution is 5.76. The van der Waals surface area contributed by atoms with Gasteiger partial charge in [0.05, 0.1) is 12.7 Å². The van der Waals surface area contributed by atoms with Gasteiger partial charge < -0.3 is 20.1 Å². The molecule has 17 heavy (non-hydrogen) atoms. The zero-order chi connectivity index (χ0) is 12.1. The fourth-order valence-electron chi connectivity index (χ4n) is 2.54. The van der Waals surface area contributed by atoms with Crippen LogP contribution in [0.4, 0.5) is 4.79 Å². The molecule has 2 N–H and O–H groups in total. The first-order valence-electron chi connectivity index (χ1n) is 6.55. The van der Waals surface area contributed by atoms with E-state index in [0.29, 0.717) is 31.8 Å². The van der Waals surface area contributed by atoms with Crippen molar-refractivity contribution in [3.63, 3.8) is 0 Å². The lowest BCUT2D eigenvalue weighted by molar-refractivity contribution is 0.00640. The summed E-state index contributed by atoms with van der Waals surface area (Å²) in [5.41, 5.74) is 0. The maximum absolute atomic E-state index is 11.3. The van der Waals surface area contributed by atoms with Gasteiger partial charge in [0.2, 0.25) is 0 Å². The van der Waals surface area contributed by atoms with E-state index < -0.39 is 0 Å². The second kappa shape index (κ2) is 6.21.